The van der Waals surface area contributed by atoms with Crippen molar-refractivity contribution >= 4 is 23.5 Å². The molecule has 3 amide bonds. The molecule has 0 saturated carbocycles. The fraction of sp³-hybridized carbons (Fsp3) is 0.529. The summed E-state index contributed by atoms with van der Waals surface area (Å²) in [5.74, 6) is -0.325. The number of amides is 3. The molecule has 1 aliphatic heterocycles. The largest absolute Gasteiger partial charge is 0.334 e. The number of hydrogen-bond acceptors (Lipinski definition) is 3. The van der Waals surface area contributed by atoms with E-state index in [1.165, 1.54) is 6.07 Å². The lowest BCUT2D eigenvalue weighted by Crippen LogP contribution is -2.44. The molecular weight excluding hydrogens is 349 g/mol. The number of halogens is 2. The molecule has 0 aromatic heterocycles. The van der Waals surface area contributed by atoms with Crippen molar-refractivity contribution < 1.29 is 19.2 Å². The van der Waals surface area contributed by atoms with E-state index in [0.717, 1.165) is 25.7 Å². The zero-order valence-corrected chi connectivity index (χ0v) is 14.7. The Labute approximate surface area is 151 Å². The summed E-state index contributed by atoms with van der Waals surface area (Å²) in [6, 6.07) is 4.18. The number of benzene rings is 1. The third-order valence-electron chi connectivity index (χ3n) is 4.49. The van der Waals surface area contributed by atoms with Crippen molar-refractivity contribution in [1.29, 1.82) is 0 Å². The van der Waals surface area contributed by atoms with E-state index in [1.807, 2.05) is 0 Å². The highest BCUT2D eigenvalue weighted by atomic mass is 35.5. The van der Waals surface area contributed by atoms with E-state index in [-0.39, 0.29) is 18.5 Å². The van der Waals surface area contributed by atoms with Crippen LogP contribution < -0.4 is 10.8 Å². The van der Waals surface area contributed by atoms with Gasteiger partial charge in [0.25, 0.3) is 0 Å². The molecule has 3 N–H and O–H groups in total. The van der Waals surface area contributed by atoms with Gasteiger partial charge < -0.3 is 10.2 Å². The molecule has 1 fully saturated rings. The van der Waals surface area contributed by atoms with Crippen molar-refractivity contribution in [3.63, 3.8) is 0 Å². The quantitative estimate of drug-likeness (QED) is 0.531. The Hall–Kier alpha value is -1.86. The molecule has 1 heterocycles. The number of hydroxylamine groups is 1. The van der Waals surface area contributed by atoms with Gasteiger partial charge in [0.05, 0.1) is 0 Å². The molecule has 1 saturated heterocycles. The maximum atomic E-state index is 13.7. The van der Waals surface area contributed by atoms with Crippen LogP contribution in [0.1, 0.15) is 37.7 Å². The van der Waals surface area contributed by atoms with Crippen LogP contribution in [0.2, 0.25) is 5.02 Å². The van der Waals surface area contributed by atoms with Gasteiger partial charge in [0.2, 0.25) is 5.91 Å². The molecule has 0 atom stereocenters. The van der Waals surface area contributed by atoms with Crippen molar-refractivity contribution in [3.05, 3.63) is 34.6 Å². The van der Waals surface area contributed by atoms with Crippen LogP contribution in [0.3, 0.4) is 0 Å². The third kappa shape index (κ3) is 6.17. The van der Waals surface area contributed by atoms with Crippen LogP contribution in [-0.4, -0.2) is 35.1 Å². The highest BCUT2D eigenvalue weighted by Gasteiger charge is 2.22. The Kier molecular flexibility index (Phi) is 7.46. The van der Waals surface area contributed by atoms with Crippen LogP contribution in [0.5, 0.6) is 0 Å². The molecule has 0 bridgehead atoms. The number of carbonyl (C=O) groups excluding carboxylic acids is 2. The molecule has 25 heavy (non-hydrogen) atoms. The first-order valence-electron chi connectivity index (χ1n) is 8.39. The minimum Gasteiger partial charge on any atom is -0.334 e. The van der Waals surface area contributed by atoms with E-state index in [1.54, 1.807) is 22.5 Å². The molecule has 138 valence electrons. The number of likely N-dealkylation sites (tertiary alicyclic amines) is 1. The van der Waals surface area contributed by atoms with Crippen LogP contribution in [0.4, 0.5) is 9.18 Å². The molecule has 0 radical (unpaired) electrons. The number of rotatable bonds is 6. The summed E-state index contributed by atoms with van der Waals surface area (Å²) in [5, 5.41) is 11.5. The van der Waals surface area contributed by atoms with Crippen LogP contribution in [0, 0.1) is 11.7 Å². The second-order valence-electron chi connectivity index (χ2n) is 6.25. The van der Waals surface area contributed by atoms with Crippen molar-refractivity contribution in [2.45, 2.75) is 38.6 Å². The normalized spacial score (nSPS) is 15.1. The van der Waals surface area contributed by atoms with Crippen LogP contribution in [0.25, 0.3) is 0 Å². The van der Waals surface area contributed by atoms with Gasteiger partial charge in [-0.05, 0) is 43.7 Å². The first-order chi connectivity index (χ1) is 12.0. The predicted octanol–water partition coefficient (Wildman–Crippen LogP) is 3.08. The van der Waals surface area contributed by atoms with E-state index in [0.29, 0.717) is 36.0 Å². The number of piperidine rings is 1. The molecule has 1 aliphatic rings. The molecule has 1 aromatic carbocycles. The second kappa shape index (κ2) is 9.58. The summed E-state index contributed by atoms with van der Waals surface area (Å²) in [6.07, 6.45) is 3.69. The number of nitrogens with one attached hydrogen (secondary N) is 2. The van der Waals surface area contributed by atoms with Crippen molar-refractivity contribution in [1.82, 2.24) is 15.7 Å². The highest BCUT2D eigenvalue weighted by Crippen LogP contribution is 2.22. The fourth-order valence-corrected chi connectivity index (χ4v) is 3.14. The SMILES string of the molecule is O=C(CCCC1CCN(C(=O)NCc2ccc(Cl)cc2F)CC1)NO. The number of nitrogens with zero attached hydrogens (tertiary/aromatic N) is 1. The highest BCUT2D eigenvalue weighted by molar-refractivity contribution is 6.30. The number of carbonyl (C=O) groups is 2. The molecule has 0 unspecified atom stereocenters. The zero-order chi connectivity index (χ0) is 18.2. The van der Waals surface area contributed by atoms with E-state index >= 15 is 0 Å². The lowest BCUT2D eigenvalue weighted by molar-refractivity contribution is -0.129. The summed E-state index contributed by atoms with van der Waals surface area (Å²) in [4.78, 5) is 24.9. The van der Waals surface area contributed by atoms with Crippen molar-refractivity contribution in [2.75, 3.05) is 13.1 Å². The maximum absolute atomic E-state index is 13.7. The van der Waals surface area contributed by atoms with E-state index in [9.17, 15) is 14.0 Å². The minimum atomic E-state index is -0.432. The maximum Gasteiger partial charge on any atom is 0.317 e. The van der Waals surface area contributed by atoms with Crippen molar-refractivity contribution in [2.24, 2.45) is 5.92 Å². The van der Waals surface area contributed by atoms with Gasteiger partial charge in [-0.3, -0.25) is 10.0 Å². The predicted molar refractivity (Wildman–Crippen MR) is 91.7 cm³/mol. The van der Waals surface area contributed by atoms with E-state index < -0.39 is 5.82 Å². The monoisotopic (exact) mass is 371 g/mol. The summed E-state index contributed by atoms with van der Waals surface area (Å²) in [7, 11) is 0. The number of hydrogen-bond donors (Lipinski definition) is 3. The van der Waals surface area contributed by atoms with Gasteiger partial charge in [-0.1, -0.05) is 17.7 Å². The van der Waals surface area contributed by atoms with Gasteiger partial charge in [0.1, 0.15) is 5.82 Å². The van der Waals surface area contributed by atoms with Crippen LogP contribution in [0.15, 0.2) is 18.2 Å². The minimum absolute atomic E-state index is 0.123. The molecule has 8 heteroatoms. The molecule has 2 rings (SSSR count). The van der Waals surface area contributed by atoms with Gasteiger partial charge >= 0.3 is 6.03 Å². The Balaban J connectivity index is 1.69. The lowest BCUT2D eigenvalue weighted by atomic mass is 9.91. The first kappa shape index (κ1) is 19.5. The first-order valence-corrected chi connectivity index (χ1v) is 8.77. The molecule has 6 nitrogen and oxygen atoms in total. The van der Waals surface area contributed by atoms with Gasteiger partial charge in [-0.15, -0.1) is 0 Å². The van der Waals surface area contributed by atoms with Gasteiger partial charge in [0.15, 0.2) is 0 Å². The molecular formula is C17H23ClFN3O3. The molecule has 0 spiro atoms. The van der Waals surface area contributed by atoms with Gasteiger partial charge in [0, 0.05) is 36.6 Å². The molecule has 1 aromatic rings. The second-order valence-corrected chi connectivity index (χ2v) is 6.69. The summed E-state index contributed by atoms with van der Waals surface area (Å²) in [6.45, 7) is 1.41. The average molecular weight is 372 g/mol. The topological polar surface area (TPSA) is 81.7 Å². The Bertz CT molecular complexity index is 607. The van der Waals surface area contributed by atoms with E-state index in [4.69, 9.17) is 16.8 Å². The number of urea groups is 1. The summed E-state index contributed by atoms with van der Waals surface area (Å²) < 4.78 is 13.7. The summed E-state index contributed by atoms with van der Waals surface area (Å²) in [5.41, 5.74) is 2.02. The smallest absolute Gasteiger partial charge is 0.317 e. The van der Waals surface area contributed by atoms with Gasteiger partial charge in [-0.25, -0.2) is 14.7 Å². The summed E-state index contributed by atoms with van der Waals surface area (Å²) >= 11 is 5.71. The standard InChI is InChI=1S/C17H23ClFN3O3/c18-14-5-4-13(15(19)10-14)11-20-17(24)22-8-6-12(7-9-22)2-1-3-16(23)21-25/h4-5,10,12,25H,1-3,6-9,11H2,(H,20,24)(H,21,23). The van der Waals surface area contributed by atoms with Gasteiger partial charge in [-0.2, -0.15) is 0 Å². The lowest BCUT2D eigenvalue weighted by Gasteiger charge is -2.32. The van der Waals surface area contributed by atoms with Crippen LogP contribution >= 0.6 is 11.6 Å². The fourth-order valence-electron chi connectivity index (χ4n) is 2.98. The Morgan fingerprint density at radius 3 is 2.68 bits per heavy atom. The van der Waals surface area contributed by atoms with E-state index in [2.05, 4.69) is 5.32 Å². The Morgan fingerprint density at radius 2 is 2.04 bits per heavy atom. The third-order valence-corrected chi connectivity index (χ3v) is 4.72. The zero-order valence-electron chi connectivity index (χ0n) is 13.9. The Morgan fingerprint density at radius 1 is 1.32 bits per heavy atom. The van der Waals surface area contributed by atoms with Crippen LogP contribution in [-0.2, 0) is 11.3 Å². The van der Waals surface area contributed by atoms with Crippen molar-refractivity contribution in [3.8, 4) is 0 Å². The molecule has 0 aliphatic carbocycles. The average Bonchev–Trinajstić information content (AvgIpc) is 2.61.